The summed E-state index contributed by atoms with van der Waals surface area (Å²) in [7, 11) is 2.07. The summed E-state index contributed by atoms with van der Waals surface area (Å²) in [4.78, 5) is 8.89. The Balaban J connectivity index is 2.21. The minimum atomic E-state index is 0.925. The van der Waals surface area contributed by atoms with Crippen LogP contribution in [-0.2, 0) is 0 Å². The first-order valence-corrected chi connectivity index (χ1v) is 4.53. The van der Waals surface area contributed by atoms with E-state index < -0.39 is 0 Å². The van der Waals surface area contributed by atoms with E-state index >= 15 is 0 Å². The molecule has 0 saturated heterocycles. The number of anilines is 2. The monoisotopic (exact) mass is 173 g/mol. The zero-order valence-electron chi connectivity index (χ0n) is 7.57. The fraction of sp³-hybridized carbons (Fsp3) is 0.300. The Morgan fingerprint density at radius 1 is 1.23 bits per heavy atom. The highest BCUT2D eigenvalue weighted by atomic mass is 15.4. The predicted molar refractivity (Wildman–Crippen MR) is 54.5 cm³/mol. The zero-order chi connectivity index (χ0) is 8.84. The molecule has 1 aromatic carbocycles. The molecule has 3 nitrogen and oxygen atoms in total. The molecule has 1 aromatic rings. The number of hydrogen-bond acceptors (Lipinski definition) is 3. The first-order valence-electron chi connectivity index (χ1n) is 4.53. The van der Waals surface area contributed by atoms with Gasteiger partial charge in [0.2, 0.25) is 5.96 Å². The van der Waals surface area contributed by atoms with Crippen molar-refractivity contribution in [3.8, 4) is 0 Å². The Bertz CT molecular complexity index is 384. The van der Waals surface area contributed by atoms with Crippen molar-refractivity contribution >= 4 is 17.3 Å². The van der Waals surface area contributed by atoms with Crippen molar-refractivity contribution in [2.75, 3.05) is 29.9 Å². The van der Waals surface area contributed by atoms with Gasteiger partial charge in [0.15, 0.2) is 0 Å². The van der Waals surface area contributed by atoms with Crippen molar-refractivity contribution < 1.29 is 0 Å². The van der Waals surface area contributed by atoms with E-state index in [1.807, 2.05) is 0 Å². The average molecular weight is 173 g/mol. The summed E-state index contributed by atoms with van der Waals surface area (Å²) >= 11 is 0. The molecular weight excluding hydrogens is 162 g/mol. The van der Waals surface area contributed by atoms with Crippen molar-refractivity contribution in [2.45, 2.75) is 0 Å². The van der Waals surface area contributed by atoms with Crippen LogP contribution in [0.5, 0.6) is 0 Å². The van der Waals surface area contributed by atoms with Crippen LogP contribution in [0.4, 0.5) is 11.4 Å². The van der Waals surface area contributed by atoms with E-state index in [9.17, 15) is 0 Å². The van der Waals surface area contributed by atoms with E-state index in [1.54, 1.807) is 0 Å². The molecule has 3 rings (SSSR count). The molecule has 0 fully saturated rings. The maximum Gasteiger partial charge on any atom is 0.205 e. The third-order valence-electron chi connectivity index (χ3n) is 2.65. The normalized spacial score (nSPS) is 18.7. The van der Waals surface area contributed by atoms with Gasteiger partial charge in [0.05, 0.1) is 17.9 Å². The molecule has 0 atom stereocenters. The van der Waals surface area contributed by atoms with Crippen LogP contribution in [0.2, 0.25) is 0 Å². The molecule has 0 amide bonds. The number of nitrogens with zero attached hydrogens (tertiary/aromatic N) is 3. The van der Waals surface area contributed by atoms with Crippen LogP contribution < -0.4 is 9.80 Å². The minimum absolute atomic E-state index is 0.925. The van der Waals surface area contributed by atoms with E-state index in [0.717, 1.165) is 19.0 Å². The smallest absolute Gasteiger partial charge is 0.205 e. The lowest BCUT2D eigenvalue weighted by Gasteiger charge is -2.12. The summed E-state index contributed by atoms with van der Waals surface area (Å²) in [6.45, 7) is 1.95. The second-order valence-corrected chi connectivity index (χ2v) is 3.38. The highest BCUT2D eigenvalue weighted by Crippen LogP contribution is 2.36. The molecule has 2 aliphatic heterocycles. The SMILES string of the molecule is CN1C2=NCCN2c2ccccc21. The largest absolute Gasteiger partial charge is 0.313 e. The molecule has 0 saturated carbocycles. The Labute approximate surface area is 77.3 Å². The lowest BCUT2D eigenvalue weighted by Crippen LogP contribution is -2.32. The van der Waals surface area contributed by atoms with Crippen molar-refractivity contribution in [2.24, 2.45) is 4.99 Å². The van der Waals surface area contributed by atoms with Crippen LogP contribution in [0.1, 0.15) is 0 Å². The van der Waals surface area contributed by atoms with Crippen LogP contribution in [-0.4, -0.2) is 26.1 Å². The van der Waals surface area contributed by atoms with Gasteiger partial charge < -0.3 is 9.80 Å². The van der Waals surface area contributed by atoms with Gasteiger partial charge >= 0.3 is 0 Å². The zero-order valence-corrected chi connectivity index (χ0v) is 7.57. The van der Waals surface area contributed by atoms with E-state index in [-0.39, 0.29) is 0 Å². The molecule has 0 spiro atoms. The lowest BCUT2D eigenvalue weighted by atomic mass is 10.2. The van der Waals surface area contributed by atoms with Crippen LogP contribution in [0, 0.1) is 0 Å². The van der Waals surface area contributed by atoms with Gasteiger partial charge in [-0.25, -0.2) is 0 Å². The van der Waals surface area contributed by atoms with E-state index in [0.29, 0.717) is 0 Å². The Hall–Kier alpha value is -1.51. The molecule has 0 aliphatic carbocycles. The summed E-state index contributed by atoms with van der Waals surface area (Å²) in [5.41, 5.74) is 2.56. The molecule has 0 N–H and O–H groups in total. The van der Waals surface area contributed by atoms with Crippen molar-refractivity contribution in [1.82, 2.24) is 0 Å². The topological polar surface area (TPSA) is 18.8 Å². The number of benzene rings is 1. The van der Waals surface area contributed by atoms with Crippen molar-refractivity contribution in [3.05, 3.63) is 24.3 Å². The molecule has 0 radical (unpaired) electrons. The highest BCUT2D eigenvalue weighted by Gasteiger charge is 2.32. The average Bonchev–Trinajstić information content (AvgIpc) is 2.72. The van der Waals surface area contributed by atoms with Crippen LogP contribution >= 0.6 is 0 Å². The van der Waals surface area contributed by atoms with Gasteiger partial charge in [-0.2, -0.15) is 0 Å². The van der Waals surface area contributed by atoms with Crippen molar-refractivity contribution in [1.29, 1.82) is 0 Å². The van der Waals surface area contributed by atoms with E-state index in [4.69, 9.17) is 0 Å². The first kappa shape index (κ1) is 6.95. The summed E-state index contributed by atoms with van der Waals surface area (Å²) in [5, 5.41) is 0. The molecule has 0 aromatic heterocycles. The quantitative estimate of drug-likeness (QED) is 0.589. The number of guanidine groups is 1. The number of aliphatic imine (C=N–C) groups is 1. The fourth-order valence-corrected chi connectivity index (χ4v) is 2.03. The molecule has 0 unspecified atom stereocenters. The molecule has 66 valence electrons. The van der Waals surface area contributed by atoms with Gasteiger partial charge in [0, 0.05) is 13.6 Å². The number of rotatable bonds is 0. The second kappa shape index (κ2) is 2.25. The third-order valence-corrected chi connectivity index (χ3v) is 2.65. The Kier molecular flexibility index (Phi) is 1.20. The summed E-state index contributed by atoms with van der Waals surface area (Å²) < 4.78 is 0. The number of hydrogen-bond donors (Lipinski definition) is 0. The van der Waals surface area contributed by atoms with Gasteiger partial charge in [0.25, 0.3) is 0 Å². The predicted octanol–water partition coefficient (Wildman–Crippen LogP) is 1.31. The number of fused-ring (bicyclic) bond motifs is 3. The van der Waals surface area contributed by atoms with Crippen LogP contribution in [0.15, 0.2) is 29.3 Å². The van der Waals surface area contributed by atoms with Gasteiger partial charge in [-0.3, -0.25) is 4.99 Å². The lowest BCUT2D eigenvalue weighted by molar-refractivity contribution is 1.03. The summed E-state index contributed by atoms with van der Waals surface area (Å²) in [5.74, 6) is 1.10. The van der Waals surface area contributed by atoms with Crippen LogP contribution in [0.25, 0.3) is 0 Å². The second-order valence-electron chi connectivity index (χ2n) is 3.38. The summed E-state index contributed by atoms with van der Waals surface area (Å²) in [6.07, 6.45) is 0. The molecule has 0 bridgehead atoms. The number of para-hydroxylation sites is 2. The van der Waals surface area contributed by atoms with E-state index in [2.05, 4.69) is 46.1 Å². The Morgan fingerprint density at radius 3 is 2.85 bits per heavy atom. The fourth-order valence-electron chi connectivity index (χ4n) is 2.03. The molecule has 2 aliphatic rings. The third kappa shape index (κ3) is 0.763. The molecule has 13 heavy (non-hydrogen) atoms. The summed E-state index contributed by atoms with van der Waals surface area (Å²) in [6, 6.07) is 8.43. The first-order chi connectivity index (χ1) is 6.38. The van der Waals surface area contributed by atoms with Gasteiger partial charge in [-0.15, -0.1) is 0 Å². The standard InChI is InChI=1S/C10H11N3/c1-12-8-4-2-3-5-9(8)13-7-6-11-10(12)13/h2-5H,6-7H2,1H3. The maximum absolute atomic E-state index is 4.46. The maximum atomic E-state index is 4.46. The van der Waals surface area contributed by atoms with Gasteiger partial charge in [-0.05, 0) is 12.1 Å². The molecule has 2 heterocycles. The molecule has 3 heteroatoms. The highest BCUT2D eigenvalue weighted by molar-refractivity contribution is 6.16. The minimum Gasteiger partial charge on any atom is -0.313 e. The van der Waals surface area contributed by atoms with Crippen LogP contribution in [0.3, 0.4) is 0 Å². The van der Waals surface area contributed by atoms with Gasteiger partial charge in [0.1, 0.15) is 0 Å². The molecular formula is C10H11N3. The van der Waals surface area contributed by atoms with Crippen molar-refractivity contribution in [3.63, 3.8) is 0 Å². The van der Waals surface area contributed by atoms with Gasteiger partial charge in [-0.1, -0.05) is 12.1 Å². The Morgan fingerprint density at radius 2 is 2.00 bits per heavy atom. The van der Waals surface area contributed by atoms with E-state index in [1.165, 1.54) is 11.4 Å².